The van der Waals surface area contributed by atoms with Crippen LogP contribution in [0.5, 0.6) is 11.5 Å². The van der Waals surface area contributed by atoms with Crippen molar-refractivity contribution >= 4 is 34.5 Å². The minimum Gasteiger partial charge on any atom is -0.493 e. The van der Waals surface area contributed by atoms with Gasteiger partial charge in [-0.05, 0) is 59.2 Å². The second kappa shape index (κ2) is 11.7. The molecule has 7 nitrogen and oxygen atoms in total. The van der Waals surface area contributed by atoms with Gasteiger partial charge in [-0.15, -0.1) is 0 Å². The summed E-state index contributed by atoms with van der Waals surface area (Å²) in [5, 5.41) is 8.99. The Balaban J connectivity index is 1.31. The SMILES string of the molecule is COc1cc(/C=N/NC(=O)Cc2cccc3ccccc23)ccc1OCC(=O)Nc1ccc(C)cc1. The zero-order chi connectivity index (χ0) is 25.3. The van der Waals surface area contributed by atoms with Crippen molar-refractivity contribution in [3.8, 4) is 11.5 Å². The van der Waals surface area contributed by atoms with E-state index in [0.717, 1.165) is 21.9 Å². The highest BCUT2D eigenvalue weighted by Crippen LogP contribution is 2.27. The summed E-state index contributed by atoms with van der Waals surface area (Å²) in [4.78, 5) is 24.6. The number of hydrogen-bond donors (Lipinski definition) is 2. The highest BCUT2D eigenvalue weighted by molar-refractivity contribution is 5.92. The summed E-state index contributed by atoms with van der Waals surface area (Å²) < 4.78 is 11.0. The Labute approximate surface area is 209 Å². The summed E-state index contributed by atoms with van der Waals surface area (Å²) in [6.45, 7) is 1.82. The quantitative estimate of drug-likeness (QED) is 0.264. The molecule has 0 fully saturated rings. The first kappa shape index (κ1) is 24.5. The second-order valence-corrected chi connectivity index (χ2v) is 8.22. The number of anilines is 1. The lowest BCUT2D eigenvalue weighted by Gasteiger charge is -2.11. The number of carbonyl (C=O) groups is 2. The molecule has 0 heterocycles. The minimum absolute atomic E-state index is 0.165. The first-order valence-electron chi connectivity index (χ1n) is 11.5. The Morgan fingerprint density at radius 2 is 1.67 bits per heavy atom. The third-order valence-electron chi connectivity index (χ3n) is 5.52. The standard InChI is InChI=1S/C29H27N3O4/c1-20-10-13-24(14-11-20)31-29(34)19-36-26-15-12-21(16-27(26)35-2)18-30-32-28(33)17-23-8-5-7-22-6-3-4-9-25(22)23/h3-16,18H,17,19H2,1-2H3,(H,31,34)(H,32,33)/b30-18+. The first-order chi connectivity index (χ1) is 17.5. The smallest absolute Gasteiger partial charge is 0.262 e. The predicted molar refractivity (Wildman–Crippen MR) is 142 cm³/mol. The fourth-order valence-corrected chi connectivity index (χ4v) is 3.70. The van der Waals surface area contributed by atoms with Gasteiger partial charge in [-0.3, -0.25) is 9.59 Å². The van der Waals surface area contributed by atoms with Crippen molar-refractivity contribution in [2.75, 3.05) is 19.0 Å². The van der Waals surface area contributed by atoms with Crippen LogP contribution in [-0.4, -0.2) is 31.7 Å². The number of hydrogen-bond acceptors (Lipinski definition) is 5. The summed E-state index contributed by atoms with van der Waals surface area (Å²) >= 11 is 0. The van der Waals surface area contributed by atoms with Crippen LogP contribution in [-0.2, 0) is 16.0 Å². The normalized spacial score (nSPS) is 10.8. The lowest BCUT2D eigenvalue weighted by molar-refractivity contribution is -0.120. The average molecular weight is 482 g/mol. The van der Waals surface area contributed by atoms with Crippen molar-refractivity contribution in [2.45, 2.75) is 13.3 Å². The summed E-state index contributed by atoms with van der Waals surface area (Å²) in [6.07, 6.45) is 1.75. The summed E-state index contributed by atoms with van der Waals surface area (Å²) in [7, 11) is 1.52. The molecule has 0 bridgehead atoms. The molecule has 0 aliphatic heterocycles. The molecule has 7 heteroatoms. The molecule has 0 atom stereocenters. The lowest BCUT2D eigenvalue weighted by atomic mass is 10.0. The molecule has 0 saturated heterocycles. The lowest BCUT2D eigenvalue weighted by Crippen LogP contribution is -2.20. The van der Waals surface area contributed by atoms with E-state index in [9.17, 15) is 9.59 Å². The van der Waals surface area contributed by atoms with Crippen LogP contribution in [0.4, 0.5) is 5.69 Å². The van der Waals surface area contributed by atoms with Gasteiger partial charge in [0.15, 0.2) is 18.1 Å². The fraction of sp³-hybridized carbons (Fsp3) is 0.138. The third-order valence-corrected chi connectivity index (χ3v) is 5.52. The highest BCUT2D eigenvalue weighted by atomic mass is 16.5. The van der Waals surface area contributed by atoms with E-state index in [-0.39, 0.29) is 24.8 Å². The van der Waals surface area contributed by atoms with E-state index >= 15 is 0 Å². The van der Waals surface area contributed by atoms with E-state index in [1.165, 1.54) is 13.3 Å². The van der Waals surface area contributed by atoms with Crippen LogP contribution in [0.2, 0.25) is 0 Å². The Bertz CT molecular complexity index is 1390. The number of ether oxygens (including phenoxy) is 2. The van der Waals surface area contributed by atoms with E-state index in [2.05, 4.69) is 15.8 Å². The number of fused-ring (bicyclic) bond motifs is 1. The maximum Gasteiger partial charge on any atom is 0.262 e. The summed E-state index contributed by atoms with van der Waals surface area (Å²) in [5.74, 6) is 0.382. The molecule has 0 aliphatic carbocycles. The van der Waals surface area contributed by atoms with Gasteiger partial charge in [-0.2, -0.15) is 5.10 Å². The van der Waals surface area contributed by atoms with Crippen LogP contribution < -0.4 is 20.2 Å². The predicted octanol–water partition coefficient (Wildman–Crippen LogP) is 4.87. The van der Waals surface area contributed by atoms with Gasteiger partial charge in [0.25, 0.3) is 5.91 Å². The zero-order valence-electron chi connectivity index (χ0n) is 20.2. The molecule has 36 heavy (non-hydrogen) atoms. The topological polar surface area (TPSA) is 89.0 Å². The number of nitrogens with one attached hydrogen (secondary N) is 2. The number of carbonyl (C=O) groups excluding carboxylic acids is 2. The van der Waals surface area contributed by atoms with E-state index < -0.39 is 0 Å². The van der Waals surface area contributed by atoms with Crippen LogP contribution in [0.15, 0.2) is 90.0 Å². The van der Waals surface area contributed by atoms with Crippen molar-refractivity contribution in [1.82, 2.24) is 5.43 Å². The van der Waals surface area contributed by atoms with Gasteiger partial charge >= 0.3 is 0 Å². The molecule has 182 valence electrons. The molecule has 0 saturated carbocycles. The van der Waals surface area contributed by atoms with Gasteiger partial charge in [-0.25, -0.2) is 5.43 Å². The number of amides is 2. The molecule has 0 spiro atoms. The number of nitrogens with zero attached hydrogens (tertiary/aromatic N) is 1. The Morgan fingerprint density at radius 3 is 2.47 bits per heavy atom. The first-order valence-corrected chi connectivity index (χ1v) is 11.5. The fourth-order valence-electron chi connectivity index (χ4n) is 3.70. The molecule has 4 rings (SSSR count). The minimum atomic E-state index is -0.277. The van der Waals surface area contributed by atoms with Crippen molar-refractivity contribution in [3.63, 3.8) is 0 Å². The van der Waals surface area contributed by atoms with Crippen molar-refractivity contribution in [2.24, 2.45) is 5.10 Å². The monoisotopic (exact) mass is 481 g/mol. The van der Waals surface area contributed by atoms with Crippen LogP contribution >= 0.6 is 0 Å². The average Bonchev–Trinajstić information content (AvgIpc) is 2.89. The summed E-state index contributed by atoms with van der Waals surface area (Å²) in [6, 6.07) is 26.5. The molecule has 2 amide bonds. The van der Waals surface area contributed by atoms with Gasteiger partial charge < -0.3 is 14.8 Å². The number of aryl methyl sites for hydroxylation is 1. The molecule has 0 aliphatic rings. The van der Waals surface area contributed by atoms with E-state index in [0.29, 0.717) is 22.7 Å². The number of methoxy groups -OCH3 is 1. The van der Waals surface area contributed by atoms with Crippen molar-refractivity contribution in [3.05, 3.63) is 102 Å². The number of rotatable bonds is 9. The molecule has 4 aromatic rings. The van der Waals surface area contributed by atoms with E-state index in [1.54, 1.807) is 18.2 Å². The van der Waals surface area contributed by atoms with E-state index in [4.69, 9.17) is 9.47 Å². The number of benzene rings is 4. The number of hydrazone groups is 1. The summed E-state index contributed by atoms with van der Waals surface area (Å²) in [5.41, 5.74) is 6.03. The van der Waals surface area contributed by atoms with Crippen molar-refractivity contribution in [1.29, 1.82) is 0 Å². The van der Waals surface area contributed by atoms with Gasteiger partial charge in [0.1, 0.15) is 0 Å². The zero-order valence-corrected chi connectivity index (χ0v) is 20.2. The molecule has 0 radical (unpaired) electrons. The molecule has 4 aromatic carbocycles. The Kier molecular flexibility index (Phi) is 7.93. The van der Waals surface area contributed by atoms with Gasteiger partial charge in [0, 0.05) is 5.69 Å². The second-order valence-electron chi connectivity index (χ2n) is 8.22. The van der Waals surface area contributed by atoms with Crippen LogP contribution in [0, 0.1) is 6.92 Å². The third kappa shape index (κ3) is 6.48. The van der Waals surface area contributed by atoms with E-state index in [1.807, 2.05) is 73.7 Å². The molecule has 2 N–H and O–H groups in total. The van der Waals surface area contributed by atoms with Gasteiger partial charge in [-0.1, -0.05) is 60.2 Å². The maximum absolute atomic E-state index is 12.4. The molecule has 0 aromatic heterocycles. The van der Waals surface area contributed by atoms with Crippen LogP contribution in [0.1, 0.15) is 16.7 Å². The molecular weight excluding hydrogens is 454 g/mol. The van der Waals surface area contributed by atoms with Crippen LogP contribution in [0.3, 0.4) is 0 Å². The largest absolute Gasteiger partial charge is 0.493 e. The molecule has 0 unspecified atom stereocenters. The molecular formula is C29H27N3O4. The Morgan fingerprint density at radius 1 is 0.889 bits per heavy atom. The maximum atomic E-state index is 12.4. The Hall–Kier alpha value is -4.65. The van der Waals surface area contributed by atoms with Crippen molar-refractivity contribution < 1.29 is 19.1 Å². The van der Waals surface area contributed by atoms with Crippen LogP contribution in [0.25, 0.3) is 10.8 Å². The van der Waals surface area contributed by atoms with Gasteiger partial charge in [0.05, 0.1) is 19.7 Å². The van der Waals surface area contributed by atoms with Gasteiger partial charge in [0.2, 0.25) is 5.91 Å². The highest BCUT2D eigenvalue weighted by Gasteiger charge is 2.10.